The number of para-hydroxylation sites is 1. The van der Waals surface area contributed by atoms with E-state index in [9.17, 15) is 0 Å². The molecule has 1 aromatic carbocycles. The zero-order valence-electron chi connectivity index (χ0n) is 12.4. The lowest BCUT2D eigenvalue weighted by Crippen LogP contribution is -2.21. The molecule has 5 heteroatoms. The summed E-state index contributed by atoms with van der Waals surface area (Å²) in [5.74, 6) is 2.12. The summed E-state index contributed by atoms with van der Waals surface area (Å²) in [4.78, 5) is 9.19. The minimum Gasteiger partial charge on any atom is -0.482 e. The van der Waals surface area contributed by atoms with Crippen LogP contribution >= 0.6 is 22.6 Å². The van der Waals surface area contributed by atoms with E-state index in [0.717, 1.165) is 21.4 Å². The van der Waals surface area contributed by atoms with Gasteiger partial charge in [0.1, 0.15) is 11.6 Å². The van der Waals surface area contributed by atoms with Crippen molar-refractivity contribution in [1.82, 2.24) is 9.97 Å². The first-order valence-corrected chi connectivity index (χ1v) is 8.02. The number of nitrogens with zero attached hydrogens (tertiary/aromatic N) is 2. The van der Waals surface area contributed by atoms with Gasteiger partial charge >= 0.3 is 0 Å². The Morgan fingerprint density at radius 3 is 2.62 bits per heavy atom. The summed E-state index contributed by atoms with van der Waals surface area (Å²) in [5.41, 5.74) is 8.17. The van der Waals surface area contributed by atoms with E-state index >= 15 is 0 Å². The fourth-order valence-electron chi connectivity index (χ4n) is 2.45. The van der Waals surface area contributed by atoms with E-state index in [-0.39, 0.29) is 11.5 Å². The van der Waals surface area contributed by atoms with Crippen molar-refractivity contribution in [1.29, 1.82) is 0 Å². The summed E-state index contributed by atoms with van der Waals surface area (Å²) in [6, 6.07) is 8.06. The molecule has 0 amide bonds. The molecule has 0 saturated carbocycles. The molecule has 3 rings (SSSR count). The van der Waals surface area contributed by atoms with E-state index in [4.69, 9.17) is 15.5 Å². The third kappa shape index (κ3) is 2.71. The summed E-state index contributed by atoms with van der Waals surface area (Å²) >= 11 is 2.22. The van der Waals surface area contributed by atoms with E-state index < -0.39 is 0 Å². The van der Waals surface area contributed by atoms with E-state index in [0.29, 0.717) is 11.6 Å². The highest BCUT2D eigenvalue weighted by Gasteiger charge is 2.29. The Kier molecular flexibility index (Phi) is 3.55. The summed E-state index contributed by atoms with van der Waals surface area (Å²) in [5, 5.41) is 0. The standard InChI is InChI=1S/C16H18IN3O/c1-16(2,3)13-12(17)14(18)20-15(19-13)11-8-9-6-4-5-7-10(9)21-11/h4-7,11H,8H2,1-3H3,(H2,18,19,20). The molecule has 110 valence electrons. The third-order valence-electron chi connectivity index (χ3n) is 3.54. The smallest absolute Gasteiger partial charge is 0.172 e. The summed E-state index contributed by atoms with van der Waals surface area (Å²) in [6.07, 6.45) is 0.641. The first-order valence-electron chi connectivity index (χ1n) is 6.94. The van der Waals surface area contributed by atoms with E-state index in [1.54, 1.807) is 0 Å². The molecule has 4 nitrogen and oxygen atoms in total. The first-order chi connectivity index (χ1) is 9.86. The van der Waals surface area contributed by atoms with Gasteiger partial charge < -0.3 is 10.5 Å². The predicted octanol–water partition coefficient (Wildman–Crippen LogP) is 3.64. The molecule has 0 radical (unpaired) electrons. The van der Waals surface area contributed by atoms with Crippen LogP contribution in [0.15, 0.2) is 24.3 Å². The van der Waals surface area contributed by atoms with E-state index in [1.807, 2.05) is 18.2 Å². The van der Waals surface area contributed by atoms with Gasteiger partial charge in [-0.05, 0) is 34.2 Å². The van der Waals surface area contributed by atoms with Gasteiger partial charge in [-0.25, -0.2) is 9.97 Å². The molecule has 2 aromatic rings. The molecule has 1 atom stereocenters. The highest BCUT2D eigenvalue weighted by molar-refractivity contribution is 14.1. The lowest BCUT2D eigenvalue weighted by molar-refractivity contribution is 0.226. The van der Waals surface area contributed by atoms with Crippen molar-refractivity contribution in [2.24, 2.45) is 0 Å². The molecule has 0 bridgehead atoms. The van der Waals surface area contributed by atoms with Gasteiger partial charge in [0.15, 0.2) is 11.9 Å². The summed E-state index contributed by atoms with van der Waals surface area (Å²) in [6.45, 7) is 6.39. The van der Waals surface area contributed by atoms with Crippen molar-refractivity contribution in [2.45, 2.75) is 38.7 Å². The molecular weight excluding hydrogens is 377 g/mol. The SMILES string of the molecule is CC(C)(C)c1nc(C2Cc3ccccc3O2)nc(N)c1I. The van der Waals surface area contributed by atoms with E-state index in [2.05, 4.69) is 54.4 Å². The topological polar surface area (TPSA) is 61.0 Å². The van der Waals surface area contributed by atoms with Crippen LogP contribution in [0.1, 0.15) is 44.0 Å². The van der Waals surface area contributed by atoms with Gasteiger partial charge in [0.05, 0.1) is 9.26 Å². The molecule has 0 saturated heterocycles. The van der Waals surface area contributed by atoms with Crippen LogP contribution < -0.4 is 10.5 Å². The number of ether oxygens (including phenoxy) is 1. The molecule has 1 unspecified atom stereocenters. The van der Waals surface area contributed by atoms with Crippen LogP contribution in [-0.2, 0) is 11.8 Å². The van der Waals surface area contributed by atoms with Crippen molar-refractivity contribution >= 4 is 28.4 Å². The van der Waals surface area contributed by atoms with Gasteiger partial charge in [0, 0.05) is 11.8 Å². The average molecular weight is 395 g/mol. The number of aromatic nitrogens is 2. The lowest BCUT2D eigenvalue weighted by atomic mass is 9.91. The maximum atomic E-state index is 6.08. The Morgan fingerprint density at radius 1 is 1.24 bits per heavy atom. The molecule has 1 aromatic heterocycles. The fourth-order valence-corrected chi connectivity index (χ4v) is 3.50. The van der Waals surface area contributed by atoms with Crippen molar-refractivity contribution < 1.29 is 4.74 Å². The molecule has 21 heavy (non-hydrogen) atoms. The second-order valence-electron chi connectivity index (χ2n) is 6.30. The predicted molar refractivity (Wildman–Crippen MR) is 91.4 cm³/mol. The van der Waals surface area contributed by atoms with Gasteiger partial charge in [-0.2, -0.15) is 0 Å². The normalized spacial score (nSPS) is 17.4. The number of fused-ring (bicyclic) bond motifs is 1. The maximum absolute atomic E-state index is 6.08. The molecule has 2 heterocycles. The van der Waals surface area contributed by atoms with Crippen LogP contribution in [-0.4, -0.2) is 9.97 Å². The Bertz CT molecular complexity index is 669. The number of hydrogen-bond donors (Lipinski definition) is 1. The number of benzene rings is 1. The minimum atomic E-state index is -0.150. The number of hydrogen-bond acceptors (Lipinski definition) is 4. The van der Waals surface area contributed by atoms with Crippen molar-refractivity contribution in [3.8, 4) is 5.75 Å². The van der Waals surface area contributed by atoms with Crippen LogP contribution in [0, 0.1) is 3.57 Å². The number of halogens is 1. The van der Waals surface area contributed by atoms with Gasteiger partial charge in [0.25, 0.3) is 0 Å². The number of nitrogen functional groups attached to an aromatic ring is 1. The molecule has 0 aliphatic carbocycles. The Morgan fingerprint density at radius 2 is 1.95 bits per heavy atom. The quantitative estimate of drug-likeness (QED) is 0.750. The van der Waals surface area contributed by atoms with Gasteiger partial charge in [-0.15, -0.1) is 0 Å². The van der Waals surface area contributed by atoms with Crippen LogP contribution in [0.5, 0.6) is 5.75 Å². The lowest BCUT2D eigenvalue weighted by Gasteiger charge is -2.22. The number of nitrogens with two attached hydrogens (primary N) is 1. The van der Waals surface area contributed by atoms with Crippen LogP contribution in [0.3, 0.4) is 0 Å². The second-order valence-corrected chi connectivity index (χ2v) is 7.38. The zero-order chi connectivity index (χ0) is 15.2. The monoisotopic (exact) mass is 395 g/mol. The highest BCUT2D eigenvalue weighted by Crippen LogP contribution is 2.37. The average Bonchev–Trinajstić information content (AvgIpc) is 2.84. The fraction of sp³-hybridized carbons (Fsp3) is 0.375. The number of rotatable bonds is 1. The van der Waals surface area contributed by atoms with E-state index in [1.165, 1.54) is 5.56 Å². The van der Waals surface area contributed by atoms with Gasteiger partial charge in [0.2, 0.25) is 0 Å². The first kappa shape index (κ1) is 14.6. The van der Waals surface area contributed by atoms with Crippen LogP contribution in [0.25, 0.3) is 0 Å². The second kappa shape index (κ2) is 5.12. The Hall–Kier alpha value is -1.37. The molecule has 1 aliphatic rings. The maximum Gasteiger partial charge on any atom is 0.172 e. The molecule has 1 aliphatic heterocycles. The summed E-state index contributed by atoms with van der Waals surface area (Å²) < 4.78 is 6.90. The van der Waals surface area contributed by atoms with Crippen molar-refractivity contribution in [3.63, 3.8) is 0 Å². The summed E-state index contributed by atoms with van der Waals surface area (Å²) in [7, 11) is 0. The Labute approximate surface area is 138 Å². The molecule has 0 spiro atoms. The van der Waals surface area contributed by atoms with Crippen LogP contribution in [0.4, 0.5) is 5.82 Å². The minimum absolute atomic E-state index is 0.0756. The highest BCUT2D eigenvalue weighted by atomic mass is 127. The van der Waals surface area contributed by atoms with Crippen molar-refractivity contribution in [2.75, 3.05) is 5.73 Å². The molecule has 0 fully saturated rings. The van der Waals surface area contributed by atoms with Crippen LogP contribution in [0.2, 0.25) is 0 Å². The van der Waals surface area contributed by atoms with Gasteiger partial charge in [-0.1, -0.05) is 39.0 Å². The molecular formula is C16H18IN3O. The van der Waals surface area contributed by atoms with Crippen molar-refractivity contribution in [3.05, 3.63) is 44.9 Å². The van der Waals surface area contributed by atoms with Gasteiger partial charge in [-0.3, -0.25) is 0 Å². The molecule has 2 N–H and O–H groups in total. The third-order valence-corrected chi connectivity index (χ3v) is 4.60. The Balaban J connectivity index is 2.00. The zero-order valence-corrected chi connectivity index (χ0v) is 14.5. The largest absolute Gasteiger partial charge is 0.482 e. The number of anilines is 1.